The van der Waals surface area contributed by atoms with Crippen LogP contribution in [0.1, 0.15) is 18.1 Å². The molecule has 0 spiro atoms. The van der Waals surface area contributed by atoms with Crippen LogP contribution in [0.4, 0.5) is 14.5 Å². The van der Waals surface area contributed by atoms with Gasteiger partial charge in [0.2, 0.25) is 0 Å². The normalized spacial score (nSPS) is 12.0. The summed E-state index contributed by atoms with van der Waals surface area (Å²) in [5.74, 6) is -3.39. The fourth-order valence-corrected chi connectivity index (χ4v) is 1.95. The molecule has 0 aliphatic carbocycles. The first-order valence-electron chi connectivity index (χ1n) is 7.57. The number of halogens is 2. The third-order valence-corrected chi connectivity index (χ3v) is 3.36. The van der Waals surface area contributed by atoms with Gasteiger partial charge in [0.25, 0.3) is 5.91 Å². The van der Waals surface area contributed by atoms with Crippen molar-refractivity contribution in [2.45, 2.75) is 20.0 Å². The van der Waals surface area contributed by atoms with Crippen LogP contribution in [-0.2, 0) is 14.3 Å². The second-order valence-corrected chi connectivity index (χ2v) is 5.41. The average molecular weight is 345 g/mol. The van der Waals surface area contributed by atoms with E-state index in [9.17, 15) is 18.4 Å². The largest absolute Gasteiger partial charge is 0.449 e. The van der Waals surface area contributed by atoms with E-state index in [1.165, 1.54) is 19.1 Å². The van der Waals surface area contributed by atoms with Crippen LogP contribution in [0.3, 0.4) is 0 Å². The molecule has 0 saturated heterocycles. The number of ether oxygens (including phenoxy) is 1. The van der Waals surface area contributed by atoms with Gasteiger partial charge in [-0.2, -0.15) is 0 Å². The Balaban J connectivity index is 1.94. The van der Waals surface area contributed by atoms with E-state index in [0.29, 0.717) is 0 Å². The Morgan fingerprint density at radius 2 is 1.68 bits per heavy atom. The van der Waals surface area contributed by atoms with E-state index >= 15 is 0 Å². The Morgan fingerprint density at radius 1 is 1.08 bits per heavy atom. The minimum Gasteiger partial charge on any atom is -0.449 e. The maximum atomic E-state index is 13.5. The highest BCUT2D eigenvalue weighted by atomic mass is 19.1. The first-order valence-corrected chi connectivity index (χ1v) is 7.57. The van der Waals surface area contributed by atoms with Gasteiger partial charge in [-0.1, -0.05) is 35.9 Å². The molecule has 4 nitrogen and oxygen atoms in total. The lowest BCUT2D eigenvalue weighted by Gasteiger charge is -2.13. The van der Waals surface area contributed by atoms with Crippen LogP contribution in [0.2, 0.25) is 0 Å². The molecule has 1 atom stereocenters. The molecule has 0 aromatic heterocycles. The average Bonchev–Trinajstić information content (AvgIpc) is 2.57. The Morgan fingerprint density at radius 3 is 2.28 bits per heavy atom. The van der Waals surface area contributed by atoms with Crippen LogP contribution in [0.25, 0.3) is 6.08 Å². The fraction of sp³-hybridized carbons (Fsp3) is 0.158. The highest BCUT2D eigenvalue weighted by molar-refractivity contribution is 5.96. The van der Waals surface area contributed by atoms with Crippen molar-refractivity contribution in [1.29, 1.82) is 0 Å². The van der Waals surface area contributed by atoms with Gasteiger partial charge in [-0.3, -0.25) is 4.79 Å². The Bertz CT molecular complexity index is 781. The maximum Gasteiger partial charge on any atom is 0.331 e. The van der Waals surface area contributed by atoms with Crippen molar-refractivity contribution in [1.82, 2.24) is 0 Å². The van der Waals surface area contributed by atoms with Crippen LogP contribution in [0, 0.1) is 18.6 Å². The molecule has 0 saturated carbocycles. The predicted octanol–water partition coefficient (Wildman–Crippen LogP) is 3.86. The molecule has 25 heavy (non-hydrogen) atoms. The first-order chi connectivity index (χ1) is 11.9. The van der Waals surface area contributed by atoms with Gasteiger partial charge >= 0.3 is 5.97 Å². The summed E-state index contributed by atoms with van der Waals surface area (Å²) in [6.45, 7) is 3.26. The van der Waals surface area contributed by atoms with E-state index in [0.717, 1.165) is 23.3 Å². The van der Waals surface area contributed by atoms with Crippen LogP contribution >= 0.6 is 0 Å². The van der Waals surface area contributed by atoms with Crippen molar-refractivity contribution >= 4 is 23.6 Å². The number of nitrogens with one attached hydrogen (secondary N) is 1. The number of hydrogen-bond donors (Lipinski definition) is 1. The standard InChI is InChI=1S/C19H17F2NO3/c1-12-6-8-14(9-7-12)10-11-17(23)25-13(2)19(24)22-18-15(20)4-3-5-16(18)21/h3-11,13H,1-2H3,(H,22,24)/b11-10+/t13-/m0/s1. The zero-order valence-electron chi connectivity index (χ0n) is 13.8. The van der Waals surface area contributed by atoms with Gasteiger partial charge in [0.15, 0.2) is 6.10 Å². The molecule has 6 heteroatoms. The number of rotatable bonds is 5. The van der Waals surface area contributed by atoms with Gasteiger partial charge in [-0.25, -0.2) is 13.6 Å². The fourth-order valence-electron chi connectivity index (χ4n) is 1.95. The minimum absolute atomic E-state index is 0.578. The minimum atomic E-state index is -1.21. The highest BCUT2D eigenvalue weighted by Gasteiger charge is 2.19. The molecular formula is C19H17F2NO3. The van der Waals surface area contributed by atoms with Crippen molar-refractivity contribution in [3.05, 3.63) is 71.3 Å². The quantitative estimate of drug-likeness (QED) is 0.661. The number of benzene rings is 2. The van der Waals surface area contributed by atoms with Gasteiger partial charge in [-0.15, -0.1) is 0 Å². The molecule has 0 aliphatic heterocycles. The van der Waals surface area contributed by atoms with Crippen LogP contribution in [0.15, 0.2) is 48.5 Å². The summed E-state index contributed by atoms with van der Waals surface area (Å²) >= 11 is 0. The Kier molecular flexibility index (Phi) is 6.00. The van der Waals surface area contributed by atoms with Crippen molar-refractivity contribution in [2.24, 2.45) is 0 Å². The molecule has 1 N–H and O–H groups in total. The van der Waals surface area contributed by atoms with Gasteiger partial charge in [0.1, 0.15) is 17.3 Å². The van der Waals surface area contributed by atoms with Crippen molar-refractivity contribution in [3.8, 4) is 0 Å². The molecule has 1 amide bonds. The number of carbonyl (C=O) groups is 2. The second-order valence-electron chi connectivity index (χ2n) is 5.41. The van der Waals surface area contributed by atoms with Crippen molar-refractivity contribution in [3.63, 3.8) is 0 Å². The van der Waals surface area contributed by atoms with E-state index in [-0.39, 0.29) is 0 Å². The third-order valence-electron chi connectivity index (χ3n) is 3.36. The number of hydrogen-bond acceptors (Lipinski definition) is 3. The van der Waals surface area contributed by atoms with Crippen LogP contribution < -0.4 is 5.32 Å². The summed E-state index contributed by atoms with van der Waals surface area (Å²) in [4.78, 5) is 23.7. The lowest BCUT2D eigenvalue weighted by molar-refractivity contribution is -0.148. The maximum absolute atomic E-state index is 13.5. The number of esters is 1. The van der Waals surface area contributed by atoms with E-state index < -0.39 is 35.3 Å². The third kappa shape index (κ3) is 5.24. The van der Waals surface area contributed by atoms with E-state index in [2.05, 4.69) is 5.32 Å². The smallest absolute Gasteiger partial charge is 0.331 e. The molecule has 2 aromatic carbocycles. The zero-order valence-corrected chi connectivity index (χ0v) is 13.8. The van der Waals surface area contributed by atoms with Crippen LogP contribution in [-0.4, -0.2) is 18.0 Å². The second kappa shape index (κ2) is 8.19. The number of carbonyl (C=O) groups excluding carboxylic acids is 2. The summed E-state index contributed by atoms with van der Waals surface area (Å²) in [6, 6.07) is 10.7. The molecule has 2 rings (SSSR count). The molecule has 0 bridgehead atoms. The topological polar surface area (TPSA) is 55.4 Å². The van der Waals surface area contributed by atoms with Crippen molar-refractivity contribution in [2.75, 3.05) is 5.32 Å². The summed E-state index contributed by atoms with van der Waals surface area (Å²) < 4.78 is 31.9. The van der Waals surface area contributed by atoms with E-state index in [1.54, 1.807) is 6.08 Å². The molecule has 0 aliphatic rings. The van der Waals surface area contributed by atoms with Gasteiger partial charge < -0.3 is 10.1 Å². The van der Waals surface area contributed by atoms with Gasteiger partial charge in [0, 0.05) is 6.08 Å². The predicted molar refractivity (Wildman–Crippen MR) is 90.8 cm³/mol. The molecule has 2 aromatic rings. The Hall–Kier alpha value is -3.02. The Labute approximate surface area is 144 Å². The van der Waals surface area contributed by atoms with Gasteiger partial charge in [-0.05, 0) is 37.6 Å². The molecule has 0 radical (unpaired) electrons. The van der Waals surface area contributed by atoms with Crippen molar-refractivity contribution < 1.29 is 23.1 Å². The molecule has 0 fully saturated rings. The first kappa shape index (κ1) is 18.3. The van der Waals surface area contributed by atoms with E-state index in [1.807, 2.05) is 31.2 Å². The lowest BCUT2D eigenvalue weighted by Crippen LogP contribution is -2.30. The summed E-state index contributed by atoms with van der Waals surface area (Å²) in [5, 5.41) is 2.07. The number of amides is 1. The number of anilines is 1. The molecule has 130 valence electrons. The molecule has 0 unspecified atom stereocenters. The summed E-state index contributed by atoms with van der Waals surface area (Å²) in [5.41, 5.74) is 1.31. The SMILES string of the molecule is Cc1ccc(/C=C/C(=O)O[C@@H](C)C(=O)Nc2c(F)cccc2F)cc1. The molecule has 0 heterocycles. The summed E-state index contributed by atoms with van der Waals surface area (Å²) in [7, 11) is 0. The van der Waals surface area contributed by atoms with Gasteiger partial charge in [0.05, 0.1) is 0 Å². The lowest BCUT2D eigenvalue weighted by atomic mass is 10.1. The van der Waals surface area contributed by atoms with Crippen LogP contribution in [0.5, 0.6) is 0 Å². The highest BCUT2D eigenvalue weighted by Crippen LogP contribution is 2.18. The summed E-state index contributed by atoms with van der Waals surface area (Å²) in [6.07, 6.45) is 1.51. The number of para-hydroxylation sites is 1. The van der Waals surface area contributed by atoms with E-state index in [4.69, 9.17) is 4.74 Å². The number of aryl methyl sites for hydroxylation is 1. The zero-order chi connectivity index (χ0) is 18.4. The molecular weight excluding hydrogens is 328 g/mol. The monoisotopic (exact) mass is 345 g/mol.